The van der Waals surface area contributed by atoms with Gasteiger partial charge in [0.15, 0.2) is 0 Å². The number of hydrogen-bond donors (Lipinski definition) is 3. The van der Waals surface area contributed by atoms with Crippen molar-refractivity contribution in [2.45, 2.75) is 53.1 Å². The van der Waals surface area contributed by atoms with Crippen molar-refractivity contribution in [2.24, 2.45) is 0 Å². The lowest BCUT2D eigenvalue weighted by atomic mass is 10.2. The number of aliphatic carboxylic acids is 2. The Morgan fingerprint density at radius 2 is 1.75 bits per heavy atom. The number of carbonyl (C=O) groups is 3. The molecule has 2 aromatic rings. The van der Waals surface area contributed by atoms with Crippen molar-refractivity contribution < 1.29 is 24.6 Å². The molecule has 11 heteroatoms. The highest BCUT2D eigenvalue weighted by Crippen LogP contribution is 2.24. The average Bonchev–Trinajstić information content (AvgIpc) is 3.36. The number of imidazole rings is 1. The molecule has 0 aliphatic carbocycles. The minimum absolute atomic E-state index is 0.0487. The van der Waals surface area contributed by atoms with Crippen LogP contribution in [0.15, 0.2) is 12.3 Å². The van der Waals surface area contributed by atoms with E-state index in [9.17, 15) is 4.79 Å². The summed E-state index contributed by atoms with van der Waals surface area (Å²) in [6.07, 6.45) is 3.74. The zero-order valence-corrected chi connectivity index (χ0v) is 19.0. The van der Waals surface area contributed by atoms with E-state index in [2.05, 4.69) is 37.6 Å². The summed E-state index contributed by atoms with van der Waals surface area (Å²) in [6.45, 7) is 10.5. The molecular formula is C21H32N6O5. The van der Waals surface area contributed by atoms with Crippen molar-refractivity contribution >= 4 is 17.8 Å². The second-order valence-electron chi connectivity index (χ2n) is 7.84. The monoisotopic (exact) mass is 448 g/mol. The van der Waals surface area contributed by atoms with Crippen LogP contribution in [0.3, 0.4) is 0 Å². The molecule has 0 radical (unpaired) electrons. The molecule has 4 rings (SSSR count). The van der Waals surface area contributed by atoms with Gasteiger partial charge in [-0.15, -0.1) is 0 Å². The standard InChI is InChI=1S/C17H24N6O.2C2H4O2/c1-12-9-13(2)23(20-12)14-4-7-22(10-14)17(24)15-11-21-8-6-18-5-3-16(21)19-15;2*1-2(3)4/h9,11,14,18H,3-8,10H2,1-2H3;2*1H3,(H,3,4). The summed E-state index contributed by atoms with van der Waals surface area (Å²) in [7, 11) is 0. The fraction of sp³-hybridized carbons (Fsp3) is 0.571. The van der Waals surface area contributed by atoms with Crippen molar-refractivity contribution in [2.75, 3.05) is 26.2 Å². The number of carbonyl (C=O) groups excluding carboxylic acids is 1. The zero-order chi connectivity index (χ0) is 23.8. The molecule has 0 aromatic carbocycles. The summed E-state index contributed by atoms with van der Waals surface area (Å²) in [6, 6.07) is 2.36. The lowest BCUT2D eigenvalue weighted by molar-refractivity contribution is -0.135. The van der Waals surface area contributed by atoms with Gasteiger partial charge in [-0.1, -0.05) is 0 Å². The Hall–Kier alpha value is -3.21. The van der Waals surface area contributed by atoms with E-state index in [0.29, 0.717) is 12.2 Å². The van der Waals surface area contributed by atoms with E-state index in [1.807, 2.05) is 18.0 Å². The molecule has 1 amide bonds. The number of hydrogen-bond acceptors (Lipinski definition) is 6. The van der Waals surface area contributed by atoms with Gasteiger partial charge in [-0.25, -0.2) is 4.98 Å². The van der Waals surface area contributed by atoms with E-state index in [4.69, 9.17) is 19.8 Å². The predicted octanol–water partition coefficient (Wildman–Crippen LogP) is 1.11. The van der Waals surface area contributed by atoms with E-state index in [-0.39, 0.29) is 11.9 Å². The van der Waals surface area contributed by atoms with Gasteiger partial charge in [-0.05, 0) is 26.3 Å². The second-order valence-corrected chi connectivity index (χ2v) is 7.84. The van der Waals surface area contributed by atoms with Crippen LogP contribution in [0.4, 0.5) is 0 Å². The molecule has 1 saturated heterocycles. The first kappa shape index (κ1) is 25.1. The molecule has 2 aliphatic heterocycles. The molecule has 11 nitrogen and oxygen atoms in total. The lowest BCUT2D eigenvalue weighted by Gasteiger charge is -2.16. The van der Waals surface area contributed by atoms with E-state index in [1.165, 1.54) is 0 Å². The summed E-state index contributed by atoms with van der Waals surface area (Å²) >= 11 is 0. The Bertz CT molecular complexity index is 907. The summed E-state index contributed by atoms with van der Waals surface area (Å²) in [4.78, 5) is 37.3. The van der Waals surface area contributed by atoms with E-state index >= 15 is 0 Å². The number of nitrogens with one attached hydrogen (secondary N) is 1. The molecular weight excluding hydrogens is 416 g/mol. The van der Waals surface area contributed by atoms with Crippen molar-refractivity contribution in [3.8, 4) is 0 Å². The van der Waals surface area contributed by atoms with Gasteiger partial charge >= 0.3 is 0 Å². The summed E-state index contributed by atoms with van der Waals surface area (Å²) < 4.78 is 4.18. The minimum Gasteiger partial charge on any atom is -0.481 e. The van der Waals surface area contributed by atoms with Gasteiger partial charge < -0.3 is 25.0 Å². The van der Waals surface area contributed by atoms with Crippen LogP contribution in [0.5, 0.6) is 0 Å². The Kier molecular flexibility index (Phi) is 8.94. The number of rotatable bonds is 2. The van der Waals surface area contributed by atoms with Crippen LogP contribution < -0.4 is 5.32 Å². The van der Waals surface area contributed by atoms with Gasteiger partial charge in [-0.2, -0.15) is 5.10 Å². The molecule has 0 bridgehead atoms. The van der Waals surface area contributed by atoms with Gasteiger partial charge in [0, 0.05) is 64.9 Å². The number of carboxylic acid groups (broad SMARTS) is 2. The van der Waals surface area contributed by atoms with Crippen molar-refractivity contribution in [3.63, 3.8) is 0 Å². The van der Waals surface area contributed by atoms with E-state index < -0.39 is 11.9 Å². The largest absolute Gasteiger partial charge is 0.481 e. The molecule has 2 aromatic heterocycles. The first-order valence-electron chi connectivity index (χ1n) is 10.6. The topological polar surface area (TPSA) is 143 Å². The average molecular weight is 449 g/mol. The maximum Gasteiger partial charge on any atom is 0.300 e. The third kappa shape index (κ3) is 7.19. The lowest BCUT2D eigenvalue weighted by Crippen LogP contribution is -2.29. The quantitative estimate of drug-likeness (QED) is 0.620. The number of amides is 1. The molecule has 1 fully saturated rings. The number of aryl methyl sites for hydroxylation is 2. The Labute approximate surface area is 187 Å². The number of carboxylic acids is 2. The number of fused-ring (bicyclic) bond motifs is 1. The highest BCUT2D eigenvalue weighted by molar-refractivity contribution is 5.92. The highest BCUT2D eigenvalue weighted by Gasteiger charge is 2.30. The fourth-order valence-corrected chi connectivity index (χ4v) is 3.78. The van der Waals surface area contributed by atoms with Crippen LogP contribution in [-0.4, -0.2) is 78.5 Å². The van der Waals surface area contributed by atoms with Crippen LogP contribution >= 0.6 is 0 Å². The number of nitrogens with zero attached hydrogens (tertiary/aromatic N) is 5. The van der Waals surface area contributed by atoms with Crippen molar-refractivity contribution in [1.82, 2.24) is 29.5 Å². The van der Waals surface area contributed by atoms with Gasteiger partial charge in [0.05, 0.1) is 11.7 Å². The van der Waals surface area contributed by atoms with Crippen molar-refractivity contribution in [3.05, 3.63) is 35.2 Å². The first-order valence-corrected chi connectivity index (χ1v) is 10.6. The molecule has 32 heavy (non-hydrogen) atoms. The summed E-state index contributed by atoms with van der Waals surface area (Å²) in [5.74, 6) is -0.606. The normalized spacial score (nSPS) is 17.2. The zero-order valence-electron chi connectivity index (χ0n) is 19.0. The highest BCUT2D eigenvalue weighted by atomic mass is 16.4. The molecule has 1 unspecified atom stereocenters. The Morgan fingerprint density at radius 1 is 1.09 bits per heavy atom. The van der Waals surface area contributed by atoms with Crippen LogP contribution in [0.1, 0.15) is 54.0 Å². The van der Waals surface area contributed by atoms with Crippen molar-refractivity contribution in [1.29, 1.82) is 0 Å². The predicted molar refractivity (Wildman–Crippen MR) is 117 cm³/mol. The molecule has 176 valence electrons. The molecule has 0 spiro atoms. The van der Waals surface area contributed by atoms with Gasteiger partial charge in [-0.3, -0.25) is 19.1 Å². The fourth-order valence-electron chi connectivity index (χ4n) is 3.78. The first-order chi connectivity index (χ1) is 15.1. The molecule has 0 saturated carbocycles. The molecule has 1 atom stereocenters. The third-order valence-corrected chi connectivity index (χ3v) is 4.97. The van der Waals surface area contributed by atoms with E-state index in [0.717, 1.165) is 70.1 Å². The summed E-state index contributed by atoms with van der Waals surface area (Å²) in [5, 5.41) is 22.8. The van der Waals surface area contributed by atoms with Crippen LogP contribution in [0.2, 0.25) is 0 Å². The summed E-state index contributed by atoms with van der Waals surface area (Å²) in [5.41, 5.74) is 2.78. The minimum atomic E-state index is -0.833. The van der Waals surface area contributed by atoms with Gasteiger partial charge in [0.1, 0.15) is 11.5 Å². The van der Waals surface area contributed by atoms with Gasteiger partial charge in [0.2, 0.25) is 0 Å². The second kappa shape index (κ2) is 11.4. The van der Waals surface area contributed by atoms with Crippen LogP contribution in [0, 0.1) is 13.8 Å². The molecule has 4 heterocycles. The smallest absolute Gasteiger partial charge is 0.300 e. The Morgan fingerprint density at radius 3 is 2.34 bits per heavy atom. The molecule has 3 N–H and O–H groups in total. The molecule has 2 aliphatic rings. The third-order valence-electron chi connectivity index (χ3n) is 4.97. The van der Waals surface area contributed by atoms with E-state index in [1.54, 1.807) is 0 Å². The van der Waals surface area contributed by atoms with Crippen LogP contribution in [0.25, 0.3) is 0 Å². The van der Waals surface area contributed by atoms with Crippen LogP contribution in [-0.2, 0) is 22.6 Å². The maximum absolute atomic E-state index is 12.8. The number of likely N-dealkylation sites (tertiary alicyclic amines) is 1. The van der Waals surface area contributed by atoms with Gasteiger partial charge in [0.25, 0.3) is 17.8 Å². The number of aromatic nitrogens is 4. The Balaban J connectivity index is 0.000000395. The SMILES string of the molecule is CC(=O)O.CC(=O)O.Cc1cc(C)n(C2CCN(C(=O)c3cn4c(n3)CCNCC4)C2)n1. The maximum atomic E-state index is 12.8.